The van der Waals surface area contributed by atoms with Crippen molar-refractivity contribution >= 4 is 29.4 Å². The minimum Gasteiger partial charge on any atom is -0.469 e. The molecule has 1 amide bonds. The molecule has 0 bridgehead atoms. The number of ether oxygens (including phenoxy) is 2. The Kier molecular flexibility index (Phi) is 6.37. The van der Waals surface area contributed by atoms with E-state index in [9.17, 15) is 9.59 Å². The zero-order chi connectivity index (χ0) is 20.1. The minimum atomic E-state index is -0.285. The number of methoxy groups -OCH3 is 1. The van der Waals surface area contributed by atoms with E-state index in [0.717, 1.165) is 0 Å². The van der Waals surface area contributed by atoms with Gasteiger partial charge in [0.1, 0.15) is 12.0 Å². The summed E-state index contributed by atoms with van der Waals surface area (Å²) in [4.78, 5) is 38.2. The van der Waals surface area contributed by atoms with Crippen LogP contribution in [0, 0.1) is 5.92 Å². The molecule has 0 unspecified atom stereocenters. The molecule has 0 spiro atoms. The number of aromatic nitrogens is 2. The molecule has 1 aromatic rings. The van der Waals surface area contributed by atoms with Crippen LogP contribution in [0.25, 0.3) is 0 Å². The molecule has 10 heteroatoms. The van der Waals surface area contributed by atoms with E-state index in [2.05, 4.69) is 19.8 Å². The maximum atomic E-state index is 11.9. The van der Waals surface area contributed by atoms with Crippen LogP contribution in [-0.4, -0.2) is 79.9 Å². The van der Waals surface area contributed by atoms with Gasteiger partial charge >= 0.3 is 12.1 Å². The quantitative estimate of drug-likeness (QED) is 0.740. The summed E-state index contributed by atoms with van der Waals surface area (Å²) in [6.07, 6.45) is 2.66. The highest BCUT2D eigenvalue weighted by atomic mass is 16.6. The second-order valence-electron chi connectivity index (χ2n) is 6.89. The van der Waals surface area contributed by atoms with Crippen LogP contribution >= 0.6 is 0 Å². The number of nitrogens with two attached hydrogens (primary N) is 1. The van der Waals surface area contributed by atoms with E-state index in [-0.39, 0.29) is 18.0 Å². The second-order valence-corrected chi connectivity index (χ2v) is 6.89. The molecule has 2 aliphatic heterocycles. The van der Waals surface area contributed by atoms with Crippen LogP contribution in [0.2, 0.25) is 0 Å². The molecule has 3 heterocycles. The van der Waals surface area contributed by atoms with Gasteiger partial charge in [-0.05, 0) is 19.8 Å². The van der Waals surface area contributed by atoms with Crippen molar-refractivity contribution in [3.8, 4) is 0 Å². The van der Waals surface area contributed by atoms with Crippen molar-refractivity contribution in [2.24, 2.45) is 5.92 Å². The van der Waals surface area contributed by atoms with E-state index >= 15 is 0 Å². The first-order valence-corrected chi connectivity index (χ1v) is 9.65. The number of carbonyl (C=O) groups excluding carboxylic acids is 2. The molecule has 0 radical (unpaired) electrons. The van der Waals surface area contributed by atoms with Gasteiger partial charge < -0.3 is 29.9 Å². The maximum Gasteiger partial charge on any atom is 0.409 e. The Morgan fingerprint density at radius 2 is 1.64 bits per heavy atom. The standard InChI is InChI=1S/C18H28N6O4/c1-3-28-18(26)24-10-8-23(9-11-24)16-14(19)15(20-12-21-16)22-6-4-13(5-7-22)17(25)27-2/h12-13H,3-11,19H2,1-2H3. The number of esters is 1. The van der Waals surface area contributed by atoms with Gasteiger partial charge in [-0.15, -0.1) is 0 Å². The van der Waals surface area contributed by atoms with Crippen molar-refractivity contribution in [2.45, 2.75) is 19.8 Å². The number of nitrogen functional groups attached to an aromatic ring is 1. The fourth-order valence-corrected chi connectivity index (χ4v) is 3.69. The van der Waals surface area contributed by atoms with E-state index in [0.29, 0.717) is 76.0 Å². The highest BCUT2D eigenvalue weighted by molar-refractivity contribution is 5.77. The average Bonchev–Trinajstić information content (AvgIpc) is 2.74. The molecule has 0 aromatic carbocycles. The van der Waals surface area contributed by atoms with Crippen LogP contribution in [0.3, 0.4) is 0 Å². The molecule has 1 aromatic heterocycles. The largest absolute Gasteiger partial charge is 0.469 e. The number of piperidine rings is 1. The van der Waals surface area contributed by atoms with Crippen LogP contribution in [-0.2, 0) is 14.3 Å². The third-order valence-corrected chi connectivity index (χ3v) is 5.28. The van der Waals surface area contributed by atoms with E-state index < -0.39 is 0 Å². The Labute approximate surface area is 164 Å². The van der Waals surface area contributed by atoms with Crippen molar-refractivity contribution in [3.63, 3.8) is 0 Å². The third-order valence-electron chi connectivity index (χ3n) is 5.28. The second kappa shape index (κ2) is 8.94. The summed E-state index contributed by atoms with van der Waals surface area (Å²) in [6.45, 7) is 5.92. The molecular formula is C18H28N6O4. The van der Waals surface area contributed by atoms with Crippen molar-refractivity contribution < 1.29 is 19.1 Å². The first kappa shape index (κ1) is 20.0. The van der Waals surface area contributed by atoms with Crippen molar-refractivity contribution in [1.29, 1.82) is 0 Å². The number of anilines is 3. The molecule has 0 saturated carbocycles. The van der Waals surface area contributed by atoms with Gasteiger partial charge in [0, 0.05) is 39.3 Å². The first-order valence-electron chi connectivity index (χ1n) is 9.65. The molecule has 28 heavy (non-hydrogen) atoms. The van der Waals surface area contributed by atoms with Crippen LogP contribution in [0.15, 0.2) is 6.33 Å². The number of piperazine rings is 1. The van der Waals surface area contributed by atoms with Gasteiger partial charge in [0.25, 0.3) is 0 Å². The molecule has 2 fully saturated rings. The van der Waals surface area contributed by atoms with Gasteiger partial charge in [-0.25, -0.2) is 14.8 Å². The Morgan fingerprint density at radius 3 is 2.18 bits per heavy atom. The average molecular weight is 392 g/mol. The molecule has 3 rings (SSSR count). The lowest BCUT2D eigenvalue weighted by Crippen LogP contribution is -2.49. The van der Waals surface area contributed by atoms with E-state index in [1.54, 1.807) is 11.8 Å². The number of nitrogens with zero attached hydrogens (tertiary/aromatic N) is 5. The lowest BCUT2D eigenvalue weighted by Gasteiger charge is -2.36. The lowest BCUT2D eigenvalue weighted by molar-refractivity contribution is -0.146. The predicted molar refractivity (Wildman–Crippen MR) is 104 cm³/mol. The molecule has 0 aliphatic carbocycles. The number of rotatable bonds is 4. The summed E-state index contributed by atoms with van der Waals surface area (Å²) in [6, 6.07) is 0. The smallest absolute Gasteiger partial charge is 0.409 e. The zero-order valence-corrected chi connectivity index (χ0v) is 16.5. The van der Waals surface area contributed by atoms with Gasteiger partial charge in [0.05, 0.1) is 19.6 Å². The first-order chi connectivity index (χ1) is 13.5. The monoisotopic (exact) mass is 392 g/mol. The van der Waals surface area contributed by atoms with Crippen molar-refractivity contribution in [1.82, 2.24) is 14.9 Å². The summed E-state index contributed by atoms with van der Waals surface area (Å²) < 4.78 is 9.90. The highest BCUT2D eigenvalue weighted by Crippen LogP contribution is 2.32. The summed E-state index contributed by atoms with van der Waals surface area (Å²) in [5.41, 5.74) is 6.93. The Morgan fingerprint density at radius 1 is 1.07 bits per heavy atom. The predicted octanol–water partition coefficient (Wildman–Crippen LogP) is 0.727. The summed E-state index contributed by atoms with van der Waals surface area (Å²) in [5, 5.41) is 0. The zero-order valence-electron chi connectivity index (χ0n) is 16.5. The number of carbonyl (C=O) groups is 2. The summed E-state index contributed by atoms with van der Waals surface area (Å²) in [5.74, 6) is 1.15. The molecule has 10 nitrogen and oxygen atoms in total. The number of amides is 1. The third kappa shape index (κ3) is 4.20. The normalized spacial score (nSPS) is 18.1. The molecule has 2 aliphatic rings. The van der Waals surface area contributed by atoms with E-state index in [1.165, 1.54) is 13.4 Å². The Hall–Kier alpha value is -2.78. The Bertz CT molecular complexity index is 699. The van der Waals surface area contributed by atoms with Crippen LogP contribution in [0.1, 0.15) is 19.8 Å². The van der Waals surface area contributed by atoms with Gasteiger partial charge in [-0.2, -0.15) is 0 Å². The van der Waals surface area contributed by atoms with Gasteiger partial charge in [0.2, 0.25) is 0 Å². The molecule has 154 valence electrons. The number of hydrogen-bond donors (Lipinski definition) is 1. The van der Waals surface area contributed by atoms with E-state index in [1.807, 2.05) is 0 Å². The van der Waals surface area contributed by atoms with Crippen LogP contribution in [0.4, 0.5) is 22.1 Å². The highest BCUT2D eigenvalue weighted by Gasteiger charge is 2.29. The topological polar surface area (TPSA) is 114 Å². The molecule has 0 atom stereocenters. The fourth-order valence-electron chi connectivity index (χ4n) is 3.69. The SMILES string of the molecule is CCOC(=O)N1CCN(c2ncnc(N3CCC(C(=O)OC)CC3)c2N)CC1. The summed E-state index contributed by atoms with van der Waals surface area (Å²) in [7, 11) is 1.42. The van der Waals surface area contributed by atoms with Gasteiger partial charge in [-0.1, -0.05) is 0 Å². The van der Waals surface area contributed by atoms with Crippen LogP contribution < -0.4 is 15.5 Å². The van der Waals surface area contributed by atoms with Gasteiger partial charge in [0.15, 0.2) is 11.6 Å². The molecule has 2 saturated heterocycles. The number of hydrogen-bond acceptors (Lipinski definition) is 9. The maximum absolute atomic E-state index is 11.9. The van der Waals surface area contributed by atoms with Gasteiger partial charge in [-0.3, -0.25) is 4.79 Å². The van der Waals surface area contributed by atoms with Crippen molar-refractivity contribution in [2.75, 3.05) is 68.5 Å². The van der Waals surface area contributed by atoms with E-state index in [4.69, 9.17) is 15.2 Å². The van der Waals surface area contributed by atoms with Crippen LogP contribution in [0.5, 0.6) is 0 Å². The molecule has 2 N–H and O–H groups in total. The minimum absolute atomic E-state index is 0.0697. The fraction of sp³-hybridized carbons (Fsp3) is 0.667. The molecular weight excluding hydrogens is 364 g/mol. The Balaban J connectivity index is 1.64. The summed E-state index contributed by atoms with van der Waals surface area (Å²) >= 11 is 0. The van der Waals surface area contributed by atoms with Crippen molar-refractivity contribution in [3.05, 3.63) is 6.33 Å². The lowest BCUT2D eigenvalue weighted by atomic mass is 9.97.